The van der Waals surface area contributed by atoms with Gasteiger partial charge in [-0.25, -0.2) is 9.20 Å². The summed E-state index contributed by atoms with van der Waals surface area (Å²) in [7, 11) is 0. The molecule has 0 unspecified atom stereocenters. The normalized spacial score (nSPS) is 11.6. The van der Waals surface area contributed by atoms with Crippen molar-refractivity contribution in [3.05, 3.63) is 28.4 Å². The van der Waals surface area contributed by atoms with Crippen LogP contribution >= 0.6 is 0 Å². The van der Waals surface area contributed by atoms with Gasteiger partial charge in [0, 0.05) is 6.54 Å². The Kier molecular flexibility index (Phi) is 3.76. The summed E-state index contributed by atoms with van der Waals surface area (Å²) in [6.45, 7) is 9.52. The number of aryl methyl sites for hydroxylation is 1. The van der Waals surface area contributed by atoms with Gasteiger partial charge in [-0.05, 0) is 26.1 Å². The third-order valence-corrected chi connectivity index (χ3v) is 3.13. The standard InChI is InChI=1S/C12H19N5O/c1-4-15(5-2)6-7-16-12(18)11-8-10(3)14-17(11)9-13-16/h8-9H,4-7H2,1-3H3. The fourth-order valence-electron chi connectivity index (χ4n) is 2.00. The Bertz CT molecular complexity index is 582. The van der Waals surface area contributed by atoms with Gasteiger partial charge in [0.05, 0.1) is 12.2 Å². The van der Waals surface area contributed by atoms with E-state index in [1.54, 1.807) is 12.4 Å². The molecule has 0 saturated heterocycles. The molecule has 0 fully saturated rings. The fourth-order valence-corrected chi connectivity index (χ4v) is 2.00. The number of rotatable bonds is 5. The second-order valence-electron chi connectivity index (χ2n) is 4.30. The summed E-state index contributed by atoms with van der Waals surface area (Å²) in [4.78, 5) is 14.4. The second-order valence-corrected chi connectivity index (χ2v) is 4.30. The van der Waals surface area contributed by atoms with E-state index >= 15 is 0 Å². The molecule has 2 heterocycles. The molecule has 0 aliphatic rings. The van der Waals surface area contributed by atoms with E-state index in [-0.39, 0.29) is 5.56 Å². The van der Waals surface area contributed by atoms with Crippen LogP contribution in [0.15, 0.2) is 17.2 Å². The molecule has 2 rings (SSSR count). The first-order valence-corrected chi connectivity index (χ1v) is 6.30. The Morgan fingerprint density at radius 3 is 2.72 bits per heavy atom. The first-order chi connectivity index (χ1) is 8.65. The highest BCUT2D eigenvalue weighted by atomic mass is 16.1. The highest BCUT2D eigenvalue weighted by Crippen LogP contribution is 1.98. The Balaban J connectivity index is 2.24. The lowest BCUT2D eigenvalue weighted by Gasteiger charge is -2.17. The van der Waals surface area contributed by atoms with E-state index in [0.29, 0.717) is 12.1 Å². The van der Waals surface area contributed by atoms with Gasteiger partial charge in [-0.2, -0.15) is 10.2 Å². The highest BCUT2D eigenvalue weighted by molar-refractivity contribution is 5.44. The molecular formula is C12H19N5O. The van der Waals surface area contributed by atoms with Crippen LogP contribution in [0.1, 0.15) is 19.5 Å². The van der Waals surface area contributed by atoms with E-state index in [1.165, 1.54) is 9.20 Å². The molecular weight excluding hydrogens is 230 g/mol. The van der Waals surface area contributed by atoms with Crippen LogP contribution in [-0.4, -0.2) is 43.9 Å². The molecule has 0 aliphatic carbocycles. The van der Waals surface area contributed by atoms with Crippen molar-refractivity contribution in [1.29, 1.82) is 0 Å². The Morgan fingerprint density at radius 1 is 1.33 bits per heavy atom. The van der Waals surface area contributed by atoms with Crippen molar-refractivity contribution in [2.45, 2.75) is 27.3 Å². The van der Waals surface area contributed by atoms with E-state index in [0.717, 1.165) is 25.3 Å². The minimum Gasteiger partial charge on any atom is -0.302 e. The summed E-state index contributed by atoms with van der Waals surface area (Å²) in [5, 5.41) is 8.31. The summed E-state index contributed by atoms with van der Waals surface area (Å²) >= 11 is 0. The molecule has 98 valence electrons. The van der Waals surface area contributed by atoms with E-state index in [2.05, 4.69) is 28.9 Å². The number of likely N-dealkylation sites (N-methyl/N-ethyl adjacent to an activating group) is 1. The lowest BCUT2D eigenvalue weighted by atomic mass is 10.4. The summed E-state index contributed by atoms with van der Waals surface area (Å²) in [5.74, 6) is 0. The van der Waals surface area contributed by atoms with Crippen LogP contribution < -0.4 is 5.56 Å². The first-order valence-electron chi connectivity index (χ1n) is 6.30. The summed E-state index contributed by atoms with van der Waals surface area (Å²) < 4.78 is 3.04. The molecule has 2 aromatic rings. The van der Waals surface area contributed by atoms with Gasteiger partial charge in [0.15, 0.2) is 0 Å². The van der Waals surface area contributed by atoms with Crippen LogP contribution in [0.3, 0.4) is 0 Å². The van der Waals surface area contributed by atoms with Gasteiger partial charge >= 0.3 is 0 Å². The van der Waals surface area contributed by atoms with Crippen LogP contribution in [0, 0.1) is 6.92 Å². The van der Waals surface area contributed by atoms with Crippen molar-refractivity contribution in [2.75, 3.05) is 19.6 Å². The van der Waals surface area contributed by atoms with Crippen molar-refractivity contribution in [3.63, 3.8) is 0 Å². The maximum absolute atomic E-state index is 12.2. The number of aromatic nitrogens is 4. The van der Waals surface area contributed by atoms with E-state index < -0.39 is 0 Å². The molecule has 0 bridgehead atoms. The molecule has 0 N–H and O–H groups in total. The molecule has 6 heteroatoms. The smallest absolute Gasteiger partial charge is 0.292 e. The molecule has 0 saturated carbocycles. The van der Waals surface area contributed by atoms with Gasteiger partial charge in [0.25, 0.3) is 5.56 Å². The molecule has 0 radical (unpaired) electrons. The molecule has 2 aromatic heterocycles. The minimum absolute atomic E-state index is 0.0785. The predicted molar refractivity (Wildman–Crippen MR) is 69.8 cm³/mol. The number of nitrogens with zero attached hydrogens (tertiary/aromatic N) is 5. The maximum Gasteiger partial charge on any atom is 0.292 e. The average Bonchev–Trinajstić information content (AvgIpc) is 2.74. The Hall–Kier alpha value is -1.69. The molecule has 0 atom stereocenters. The molecule has 0 aliphatic heterocycles. The topological polar surface area (TPSA) is 55.4 Å². The summed E-state index contributed by atoms with van der Waals surface area (Å²) in [6, 6.07) is 1.79. The van der Waals surface area contributed by atoms with Crippen LogP contribution in [-0.2, 0) is 6.54 Å². The molecule has 0 aromatic carbocycles. The third-order valence-electron chi connectivity index (χ3n) is 3.13. The monoisotopic (exact) mass is 249 g/mol. The quantitative estimate of drug-likeness (QED) is 0.776. The van der Waals surface area contributed by atoms with Crippen LogP contribution in [0.2, 0.25) is 0 Å². The lowest BCUT2D eigenvalue weighted by molar-refractivity contribution is 0.282. The summed E-state index contributed by atoms with van der Waals surface area (Å²) in [6.07, 6.45) is 1.59. The van der Waals surface area contributed by atoms with Crippen molar-refractivity contribution < 1.29 is 0 Å². The van der Waals surface area contributed by atoms with Crippen molar-refractivity contribution in [1.82, 2.24) is 24.3 Å². The Morgan fingerprint density at radius 2 is 2.06 bits per heavy atom. The zero-order chi connectivity index (χ0) is 13.1. The average molecular weight is 249 g/mol. The molecule has 0 spiro atoms. The van der Waals surface area contributed by atoms with Crippen LogP contribution in [0.4, 0.5) is 0 Å². The molecule has 18 heavy (non-hydrogen) atoms. The SMILES string of the molecule is CCN(CC)CCn1ncn2nc(C)cc2c1=O. The van der Waals surface area contributed by atoms with Crippen LogP contribution in [0.5, 0.6) is 0 Å². The zero-order valence-electron chi connectivity index (χ0n) is 11.1. The lowest BCUT2D eigenvalue weighted by Crippen LogP contribution is -2.32. The number of hydrogen-bond donors (Lipinski definition) is 0. The van der Waals surface area contributed by atoms with Gasteiger partial charge in [-0.1, -0.05) is 13.8 Å². The second kappa shape index (κ2) is 5.30. The molecule has 0 amide bonds. The van der Waals surface area contributed by atoms with Crippen molar-refractivity contribution in [3.8, 4) is 0 Å². The summed E-state index contributed by atoms with van der Waals surface area (Å²) in [5.41, 5.74) is 1.34. The number of hydrogen-bond acceptors (Lipinski definition) is 4. The third kappa shape index (κ3) is 2.43. The van der Waals surface area contributed by atoms with Crippen molar-refractivity contribution >= 4 is 5.52 Å². The maximum atomic E-state index is 12.2. The predicted octanol–water partition coefficient (Wildman–Crippen LogP) is 0.541. The fraction of sp³-hybridized carbons (Fsp3) is 0.583. The van der Waals surface area contributed by atoms with Gasteiger partial charge in [0.1, 0.15) is 11.8 Å². The zero-order valence-corrected chi connectivity index (χ0v) is 11.1. The number of fused-ring (bicyclic) bond motifs is 1. The van der Waals surface area contributed by atoms with Crippen LogP contribution in [0.25, 0.3) is 5.52 Å². The van der Waals surface area contributed by atoms with Gasteiger partial charge in [-0.15, -0.1) is 0 Å². The minimum atomic E-state index is -0.0785. The molecule has 6 nitrogen and oxygen atoms in total. The van der Waals surface area contributed by atoms with Gasteiger partial charge < -0.3 is 4.90 Å². The van der Waals surface area contributed by atoms with E-state index in [1.807, 2.05) is 6.92 Å². The van der Waals surface area contributed by atoms with E-state index in [4.69, 9.17) is 0 Å². The van der Waals surface area contributed by atoms with Gasteiger partial charge in [0.2, 0.25) is 0 Å². The van der Waals surface area contributed by atoms with Crippen molar-refractivity contribution in [2.24, 2.45) is 0 Å². The first kappa shape index (κ1) is 12.8. The Labute approximate surface area is 106 Å². The highest BCUT2D eigenvalue weighted by Gasteiger charge is 2.07. The largest absolute Gasteiger partial charge is 0.302 e. The van der Waals surface area contributed by atoms with Gasteiger partial charge in [-0.3, -0.25) is 4.79 Å². The van der Waals surface area contributed by atoms with E-state index in [9.17, 15) is 4.79 Å².